The lowest BCUT2D eigenvalue weighted by Gasteiger charge is -2.23. The molecule has 0 aliphatic rings. The highest BCUT2D eigenvalue weighted by Crippen LogP contribution is 2.33. The highest BCUT2D eigenvalue weighted by Gasteiger charge is 2.17. The predicted molar refractivity (Wildman–Crippen MR) is 298 cm³/mol. The van der Waals surface area contributed by atoms with Crippen molar-refractivity contribution in [1.82, 2.24) is 0 Å². The topological polar surface area (TPSA) is 134 Å². The molecule has 0 heterocycles. The lowest BCUT2D eigenvalue weighted by Crippen LogP contribution is -3.05. The van der Waals surface area contributed by atoms with E-state index in [-0.39, 0.29) is 25.4 Å². The van der Waals surface area contributed by atoms with Crippen LogP contribution in [0.2, 0.25) is 0 Å². The maximum Gasteiger partial charge on any atom is 0.335 e. The number of methoxy groups -OCH3 is 4. The zero-order chi connectivity index (χ0) is 55.3. The van der Waals surface area contributed by atoms with Gasteiger partial charge >= 0.3 is 5.97 Å². The summed E-state index contributed by atoms with van der Waals surface area (Å²) < 4.78 is 60.5. The number of carbonyl (C=O) groups is 1. The minimum atomic E-state index is -1.02. The van der Waals surface area contributed by atoms with Crippen molar-refractivity contribution < 1.29 is 66.7 Å². The van der Waals surface area contributed by atoms with Gasteiger partial charge in [0.15, 0.2) is 0 Å². The Morgan fingerprint density at radius 3 is 1.08 bits per heavy atom. The smallest absolute Gasteiger partial charge is 0.335 e. The quantitative estimate of drug-likeness (QED) is 0.0308. The predicted octanol–water partition coefficient (Wildman–Crippen LogP) is 6.86. The van der Waals surface area contributed by atoms with E-state index in [2.05, 4.69) is 82.6 Å². The Bertz CT molecular complexity index is 2920. The van der Waals surface area contributed by atoms with Crippen LogP contribution in [0, 0.1) is 47.4 Å². The molecule has 0 atom stereocenters. The van der Waals surface area contributed by atoms with E-state index in [0.717, 1.165) is 42.4 Å². The van der Waals surface area contributed by atoms with Gasteiger partial charge in [0.1, 0.15) is 60.9 Å². The van der Waals surface area contributed by atoms with Gasteiger partial charge in [0.05, 0.1) is 127 Å². The molecule has 0 spiro atoms. The van der Waals surface area contributed by atoms with Crippen molar-refractivity contribution in [3.8, 4) is 81.9 Å². The summed E-state index contributed by atoms with van der Waals surface area (Å²) in [5.74, 6) is 28.4. The summed E-state index contributed by atoms with van der Waals surface area (Å²) in [6.07, 6.45) is 2.57. The number of ether oxygens (including phenoxy) is 10. The molecule has 14 nitrogen and oxygen atoms in total. The second-order valence-corrected chi connectivity index (χ2v) is 18.9. The number of hydrogen-bond acceptors (Lipinski definition) is 11. The molecule has 0 fully saturated rings. The fourth-order valence-corrected chi connectivity index (χ4v) is 7.17. The SMILES string of the molecule is COCCOc1cc(C#Cc2cc(OCCC[N+](C)(C)C)c(C#Cc3cc(OCCOC)c(C#Cc4ccc(C(=O)O)cc4)cc3OCCOC)cc2OCCCC[NH+](C)C)c(OCCOC)cc1C#Cc1ccccc1. The van der Waals surface area contributed by atoms with Crippen molar-refractivity contribution in [3.05, 3.63) is 141 Å². The van der Waals surface area contributed by atoms with Crippen LogP contribution in [0.15, 0.2) is 91.0 Å². The van der Waals surface area contributed by atoms with Crippen LogP contribution >= 0.6 is 0 Å². The van der Waals surface area contributed by atoms with E-state index in [1.807, 2.05) is 54.6 Å². The molecule has 0 aromatic heterocycles. The lowest BCUT2D eigenvalue weighted by molar-refractivity contribution is -0.870. The number of rotatable bonds is 28. The van der Waals surface area contributed by atoms with E-state index >= 15 is 0 Å². The highest BCUT2D eigenvalue weighted by molar-refractivity contribution is 5.87. The Hall–Kier alpha value is -7.63. The van der Waals surface area contributed by atoms with Gasteiger partial charge in [-0.1, -0.05) is 65.6 Å². The molecule has 0 unspecified atom stereocenters. The lowest BCUT2D eigenvalue weighted by atomic mass is 10.0. The third-order valence-corrected chi connectivity index (χ3v) is 11.2. The average Bonchev–Trinajstić information content (AvgIpc) is 3.41. The van der Waals surface area contributed by atoms with E-state index in [9.17, 15) is 9.90 Å². The maximum atomic E-state index is 11.5. The summed E-state index contributed by atoms with van der Waals surface area (Å²) in [7, 11) is 17.2. The first-order valence-corrected chi connectivity index (χ1v) is 25.6. The van der Waals surface area contributed by atoms with Crippen molar-refractivity contribution in [2.75, 3.05) is 143 Å². The number of unbranched alkanes of at least 4 members (excludes halogenated alkanes) is 1. The fraction of sp³-hybridized carbons (Fsp3) is 0.381. The Balaban J connectivity index is 1.69. The molecule has 0 aliphatic heterocycles. The molecule has 406 valence electrons. The number of aromatic carboxylic acids is 1. The summed E-state index contributed by atoms with van der Waals surface area (Å²) in [6, 6.07) is 27.2. The summed E-state index contributed by atoms with van der Waals surface area (Å²) in [5.41, 5.74) is 5.08. The van der Waals surface area contributed by atoms with Crippen LogP contribution in [0.1, 0.15) is 74.1 Å². The molecule has 14 heteroatoms. The molecule has 0 saturated carbocycles. The zero-order valence-corrected chi connectivity index (χ0v) is 46.2. The van der Waals surface area contributed by atoms with Gasteiger partial charge in [-0.05, 0) is 49.2 Å². The van der Waals surface area contributed by atoms with Crippen molar-refractivity contribution >= 4 is 5.97 Å². The Kier molecular flexibility index (Phi) is 25.6. The molecule has 2 N–H and O–H groups in total. The summed E-state index contributed by atoms with van der Waals surface area (Å²) >= 11 is 0. The zero-order valence-electron chi connectivity index (χ0n) is 46.2. The largest absolute Gasteiger partial charge is 0.492 e. The van der Waals surface area contributed by atoms with Crippen LogP contribution in [0.3, 0.4) is 0 Å². The second kappa shape index (κ2) is 32.7. The van der Waals surface area contributed by atoms with Crippen molar-refractivity contribution in [1.29, 1.82) is 0 Å². The molecule has 5 rings (SSSR count). The van der Waals surface area contributed by atoms with Crippen LogP contribution in [0.4, 0.5) is 0 Å². The summed E-state index contributed by atoms with van der Waals surface area (Å²) in [6.45, 7) is 5.21. The summed E-state index contributed by atoms with van der Waals surface area (Å²) in [5, 5.41) is 9.41. The standard InChI is InChI=1S/C63H72N2O12/c1-64(2)30-13-14-32-72-57-44-54(27-29-56-47-60(75-39-35-69-7)52(43-62(56)77-41-37-71-9)25-21-49-18-22-50(23-19-49)63(66)67)58(73-33-15-31-65(3,4)5)45-53(57)26-28-55-46-59(74-38-34-68-6)51(42-61(55)76-40-36-70-8)24-20-48-16-11-10-12-17-48/h10-12,16-19,22-23,42-47H,13-15,30-41H2,1-9H3/p+2. The van der Waals surface area contributed by atoms with Gasteiger partial charge in [0.2, 0.25) is 0 Å². The van der Waals surface area contributed by atoms with Crippen LogP contribution in [0.25, 0.3) is 0 Å². The Labute approximate surface area is 456 Å². The van der Waals surface area contributed by atoms with Gasteiger partial charge in [0, 0.05) is 82.4 Å². The van der Waals surface area contributed by atoms with E-state index < -0.39 is 5.97 Å². The molecule has 0 saturated heterocycles. The van der Waals surface area contributed by atoms with Crippen molar-refractivity contribution in [3.63, 3.8) is 0 Å². The van der Waals surface area contributed by atoms with Crippen LogP contribution < -0.4 is 33.3 Å². The number of carboxylic acids is 1. The Morgan fingerprint density at radius 1 is 0.429 bits per heavy atom. The number of benzene rings is 5. The highest BCUT2D eigenvalue weighted by atomic mass is 16.5. The first-order chi connectivity index (χ1) is 37.3. The van der Waals surface area contributed by atoms with E-state index in [1.165, 1.54) is 17.0 Å². The monoisotopic (exact) mass is 1050 g/mol. The number of hydrogen-bond donors (Lipinski definition) is 2. The van der Waals surface area contributed by atoms with Crippen LogP contribution in [0.5, 0.6) is 34.5 Å². The van der Waals surface area contributed by atoms with Crippen molar-refractivity contribution in [2.24, 2.45) is 0 Å². The van der Waals surface area contributed by atoms with E-state index in [1.54, 1.807) is 52.7 Å². The van der Waals surface area contributed by atoms with Crippen LogP contribution in [-0.4, -0.2) is 158 Å². The Morgan fingerprint density at radius 2 is 0.753 bits per heavy atom. The normalized spacial score (nSPS) is 10.7. The average molecular weight is 1050 g/mol. The third-order valence-electron chi connectivity index (χ3n) is 11.2. The molecule has 77 heavy (non-hydrogen) atoms. The number of quaternary nitrogens is 2. The van der Waals surface area contributed by atoms with Gasteiger partial charge in [-0.2, -0.15) is 0 Å². The first-order valence-electron chi connectivity index (χ1n) is 25.6. The fourth-order valence-electron chi connectivity index (χ4n) is 7.17. The molecule has 5 aromatic carbocycles. The van der Waals surface area contributed by atoms with E-state index in [4.69, 9.17) is 47.4 Å². The van der Waals surface area contributed by atoms with E-state index in [0.29, 0.717) is 120 Å². The van der Waals surface area contributed by atoms with Gasteiger partial charge in [0.25, 0.3) is 0 Å². The van der Waals surface area contributed by atoms with Gasteiger partial charge in [-0.15, -0.1) is 0 Å². The molecule has 0 bridgehead atoms. The number of nitrogens with one attached hydrogen (secondary N) is 1. The molecule has 0 aliphatic carbocycles. The molecular weight excluding hydrogens is 977 g/mol. The minimum Gasteiger partial charge on any atom is -0.492 e. The van der Waals surface area contributed by atoms with Gasteiger partial charge in [-0.3, -0.25) is 0 Å². The van der Waals surface area contributed by atoms with Crippen molar-refractivity contribution in [2.45, 2.75) is 19.3 Å². The number of nitrogens with zero attached hydrogens (tertiary/aromatic N) is 1. The van der Waals surface area contributed by atoms with Gasteiger partial charge in [-0.25, -0.2) is 4.79 Å². The molecule has 0 amide bonds. The van der Waals surface area contributed by atoms with Crippen LogP contribution in [-0.2, 0) is 18.9 Å². The molecule has 5 aromatic rings. The van der Waals surface area contributed by atoms with Gasteiger partial charge < -0.3 is 61.9 Å². The molecular formula is C63H74N2O12+2. The maximum absolute atomic E-state index is 11.5. The first kappa shape index (κ1) is 60.2. The second-order valence-electron chi connectivity index (χ2n) is 18.9. The molecule has 0 radical (unpaired) electrons. The third kappa shape index (κ3) is 21.5. The minimum absolute atomic E-state index is 0.166. The number of carboxylic acid groups (broad SMARTS) is 1. The summed E-state index contributed by atoms with van der Waals surface area (Å²) in [4.78, 5) is 12.8.